The molecule has 0 aromatic carbocycles. The molecule has 15 heavy (non-hydrogen) atoms. The fraction of sp³-hybridized carbons (Fsp3) is 0.556. The number of nitrogens with zero attached hydrogens (tertiary/aromatic N) is 1. The number of aromatic nitrogens is 1. The van der Waals surface area contributed by atoms with E-state index in [0.29, 0.717) is 19.4 Å². The molecule has 0 aliphatic carbocycles. The molecule has 0 bridgehead atoms. The van der Waals surface area contributed by atoms with E-state index in [1.807, 2.05) is 0 Å². The van der Waals surface area contributed by atoms with Gasteiger partial charge in [-0.25, -0.2) is 13.1 Å². The number of hydrogen-bond acceptors (Lipinski definition) is 3. The van der Waals surface area contributed by atoms with Gasteiger partial charge in [-0.05, 0) is 18.9 Å². The van der Waals surface area contributed by atoms with E-state index in [1.54, 1.807) is 30.1 Å². The lowest BCUT2D eigenvalue weighted by Gasteiger charge is -2.03. The smallest absolute Gasteiger partial charge is 0.242 e. The topological polar surface area (TPSA) is 71.3 Å². The average Bonchev–Trinajstić information content (AvgIpc) is 2.60. The first-order valence-electron chi connectivity index (χ1n) is 4.79. The molecule has 86 valence electrons. The summed E-state index contributed by atoms with van der Waals surface area (Å²) in [6.07, 6.45) is 4.48. The van der Waals surface area contributed by atoms with E-state index in [4.69, 9.17) is 5.11 Å². The number of aliphatic hydroxyl groups is 1. The van der Waals surface area contributed by atoms with Crippen molar-refractivity contribution >= 4 is 10.0 Å². The molecule has 6 heteroatoms. The molecule has 0 saturated carbocycles. The second-order valence-electron chi connectivity index (χ2n) is 3.34. The molecule has 0 aliphatic heterocycles. The lowest BCUT2D eigenvalue weighted by atomic mass is 10.3. The summed E-state index contributed by atoms with van der Waals surface area (Å²) < 4.78 is 27.4. The van der Waals surface area contributed by atoms with Gasteiger partial charge in [-0.2, -0.15) is 0 Å². The third-order valence-electron chi connectivity index (χ3n) is 1.99. The van der Waals surface area contributed by atoms with Gasteiger partial charge < -0.3 is 9.67 Å². The number of aryl methyl sites for hydroxylation is 1. The first-order chi connectivity index (χ1) is 7.06. The molecule has 2 N–H and O–H groups in total. The summed E-state index contributed by atoms with van der Waals surface area (Å²) in [7, 11) is -1.60. The van der Waals surface area contributed by atoms with Gasteiger partial charge >= 0.3 is 0 Å². The van der Waals surface area contributed by atoms with Gasteiger partial charge in [0.2, 0.25) is 10.0 Å². The minimum atomic E-state index is -3.37. The Hall–Kier alpha value is -0.850. The van der Waals surface area contributed by atoms with Crippen LogP contribution in [-0.4, -0.2) is 31.2 Å². The first kappa shape index (κ1) is 12.2. The summed E-state index contributed by atoms with van der Waals surface area (Å²) in [4.78, 5) is 0.272. The largest absolute Gasteiger partial charge is 0.396 e. The van der Waals surface area contributed by atoms with Gasteiger partial charge in [0.25, 0.3) is 0 Å². The molecule has 0 unspecified atom stereocenters. The second kappa shape index (κ2) is 5.29. The van der Waals surface area contributed by atoms with Crippen LogP contribution in [0.25, 0.3) is 0 Å². The molecule has 5 nitrogen and oxygen atoms in total. The predicted octanol–water partition coefficient (Wildman–Crippen LogP) is 0.0759. The summed E-state index contributed by atoms with van der Waals surface area (Å²) in [6.45, 7) is 0.449. The fourth-order valence-electron chi connectivity index (χ4n) is 1.16. The Labute approximate surface area is 89.8 Å². The molecular weight excluding hydrogens is 216 g/mol. The Kier molecular flexibility index (Phi) is 4.31. The zero-order chi connectivity index (χ0) is 11.3. The molecule has 1 aromatic heterocycles. The van der Waals surface area contributed by atoms with Crippen molar-refractivity contribution in [1.82, 2.24) is 9.29 Å². The number of unbranched alkanes of at least 4 members (excludes halogenated alkanes) is 1. The third-order valence-corrected chi connectivity index (χ3v) is 3.44. The van der Waals surface area contributed by atoms with Gasteiger partial charge in [-0.15, -0.1) is 0 Å². The SMILES string of the molecule is Cn1ccc(S(=O)(=O)NCCCCO)c1. The lowest BCUT2D eigenvalue weighted by molar-refractivity contribution is 0.285. The minimum Gasteiger partial charge on any atom is -0.396 e. The van der Waals surface area contributed by atoms with E-state index in [1.165, 1.54) is 0 Å². The Bertz CT molecular complexity index is 397. The first-order valence-corrected chi connectivity index (χ1v) is 6.27. The second-order valence-corrected chi connectivity index (χ2v) is 5.11. The van der Waals surface area contributed by atoms with Crippen LogP contribution in [-0.2, 0) is 17.1 Å². The highest BCUT2D eigenvalue weighted by Crippen LogP contribution is 2.07. The maximum absolute atomic E-state index is 11.6. The van der Waals surface area contributed by atoms with Crippen LogP contribution in [0.5, 0.6) is 0 Å². The molecular formula is C9H16N2O3S. The van der Waals surface area contributed by atoms with Gasteiger partial charge in [0, 0.05) is 32.6 Å². The maximum Gasteiger partial charge on any atom is 0.242 e. The monoisotopic (exact) mass is 232 g/mol. The van der Waals surface area contributed by atoms with Crippen LogP contribution in [0.3, 0.4) is 0 Å². The van der Waals surface area contributed by atoms with E-state index in [9.17, 15) is 8.42 Å². The molecule has 0 radical (unpaired) electrons. The molecule has 1 aromatic rings. The zero-order valence-electron chi connectivity index (χ0n) is 8.68. The van der Waals surface area contributed by atoms with E-state index in [-0.39, 0.29) is 11.5 Å². The molecule has 0 atom stereocenters. The molecule has 0 amide bonds. The van der Waals surface area contributed by atoms with Crippen LogP contribution in [0.4, 0.5) is 0 Å². The zero-order valence-corrected chi connectivity index (χ0v) is 9.50. The molecule has 0 aliphatic rings. The van der Waals surface area contributed by atoms with Crippen LogP contribution in [0.1, 0.15) is 12.8 Å². The highest BCUT2D eigenvalue weighted by Gasteiger charge is 2.13. The molecule has 0 spiro atoms. The Morgan fingerprint density at radius 3 is 2.73 bits per heavy atom. The summed E-state index contributed by atoms with van der Waals surface area (Å²) >= 11 is 0. The highest BCUT2D eigenvalue weighted by atomic mass is 32.2. The van der Waals surface area contributed by atoms with Crippen molar-refractivity contribution in [3.8, 4) is 0 Å². The Morgan fingerprint density at radius 1 is 1.47 bits per heavy atom. The number of aliphatic hydroxyl groups excluding tert-OH is 1. The average molecular weight is 232 g/mol. The van der Waals surface area contributed by atoms with Crippen molar-refractivity contribution < 1.29 is 13.5 Å². The van der Waals surface area contributed by atoms with Crippen LogP contribution < -0.4 is 4.72 Å². The fourth-order valence-corrected chi connectivity index (χ4v) is 2.29. The van der Waals surface area contributed by atoms with Crippen LogP contribution in [0, 0.1) is 0 Å². The van der Waals surface area contributed by atoms with Crippen molar-refractivity contribution in [2.45, 2.75) is 17.7 Å². The van der Waals surface area contributed by atoms with Gasteiger partial charge in [0.15, 0.2) is 0 Å². The minimum absolute atomic E-state index is 0.0903. The Balaban J connectivity index is 2.53. The van der Waals surface area contributed by atoms with Crippen LogP contribution >= 0.6 is 0 Å². The molecule has 0 fully saturated rings. The van der Waals surface area contributed by atoms with E-state index in [2.05, 4.69) is 4.72 Å². The summed E-state index contributed by atoms with van der Waals surface area (Å²) in [5, 5.41) is 8.54. The van der Waals surface area contributed by atoms with Gasteiger partial charge in [-0.1, -0.05) is 0 Å². The van der Waals surface area contributed by atoms with Crippen LogP contribution in [0.2, 0.25) is 0 Å². The number of hydrogen-bond donors (Lipinski definition) is 2. The summed E-state index contributed by atoms with van der Waals surface area (Å²) in [6, 6.07) is 1.55. The van der Waals surface area contributed by atoms with Gasteiger partial charge in [0.05, 0.1) is 4.90 Å². The third kappa shape index (κ3) is 3.65. The van der Waals surface area contributed by atoms with Crippen molar-refractivity contribution in [3.63, 3.8) is 0 Å². The number of sulfonamides is 1. The van der Waals surface area contributed by atoms with Gasteiger partial charge in [-0.3, -0.25) is 0 Å². The highest BCUT2D eigenvalue weighted by molar-refractivity contribution is 7.89. The molecule has 1 heterocycles. The molecule has 1 rings (SSSR count). The molecule has 0 saturated heterocycles. The van der Waals surface area contributed by atoms with Crippen molar-refractivity contribution in [2.75, 3.05) is 13.2 Å². The summed E-state index contributed by atoms with van der Waals surface area (Å²) in [5.41, 5.74) is 0. The number of rotatable bonds is 6. The summed E-state index contributed by atoms with van der Waals surface area (Å²) in [5.74, 6) is 0. The standard InChI is InChI=1S/C9H16N2O3S/c1-11-6-4-9(8-11)15(13,14)10-5-2-3-7-12/h4,6,8,10,12H,2-3,5,7H2,1H3. The van der Waals surface area contributed by atoms with E-state index in [0.717, 1.165) is 0 Å². The predicted molar refractivity (Wildman–Crippen MR) is 56.9 cm³/mol. The number of nitrogens with one attached hydrogen (secondary N) is 1. The van der Waals surface area contributed by atoms with Crippen molar-refractivity contribution in [3.05, 3.63) is 18.5 Å². The normalized spacial score (nSPS) is 11.9. The van der Waals surface area contributed by atoms with Gasteiger partial charge in [0.1, 0.15) is 0 Å². The lowest BCUT2D eigenvalue weighted by Crippen LogP contribution is -2.24. The van der Waals surface area contributed by atoms with Crippen molar-refractivity contribution in [2.24, 2.45) is 7.05 Å². The van der Waals surface area contributed by atoms with E-state index < -0.39 is 10.0 Å². The van der Waals surface area contributed by atoms with Crippen molar-refractivity contribution in [1.29, 1.82) is 0 Å². The van der Waals surface area contributed by atoms with Crippen LogP contribution in [0.15, 0.2) is 23.4 Å². The van der Waals surface area contributed by atoms with E-state index >= 15 is 0 Å². The maximum atomic E-state index is 11.6. The Morgan fingerprint density at radius 2 is 2.20 bits per heavy atom. The quantitative estimate of drug-likeness (QED) is 0.682.